The molecule has 0 bridgehead atoms. The summed E-state index contributed by atoms with van der Waals surface area (Å²) in [4.78, 5) is 21.9. The number of H-pyrrole nitrogens is 2. The normalized spacial score (nSPS) is 14.4. The number of nitrogens with zero attached hydrogens (tertiary/aromatic N) is 5. The highest BCUT2D eigenvalue weighted by molar-refractivity contribution is 5.98. The van der Waals surface area contributed by atoms with Crippen LogP contribution in [-0.4, -0.2) is 41.2 Å². The van der Waals surface area contributed by atoms with Crippen molar-refractivity contribution >= 4 is 22.1 Å². The highest BCUT2D eigenvalue weighted by Crippen LogP contribution is 2.33. The molecular formula is C29H25N7O. The van der Waals surface area contributed by atoms with Crippen LogP contribution in [0.2, 0.25) is 0 Å². The molecule has 182 valence electrons. The van der Waals surface area contributed by atoms with Crippen molar-refractivity contribution in [2.24, 2.45) is 0 Å². The number of aromatic nitrogens is 7. The molecule has 0 amide bonds. The Balaban J connectivity index is 1.26. The summed E-state index contributed by atoms with van der Waals surface area (Å²) >= 11 is 0. The van der Waals surface area contributed by atoms with Crippen molar-refractivity contribution in [2.45, 2.75) is 38.2 Å². The first kappa shape index (κ1) is 21.7. The van der Waals surface area contributed by atoms with E-state index in [9.17, 15) is 0 Å². The topological polar surface area (TPSA) is 105 Å². The Morgan fingerprint density at radius 1 is 0.865 bits per heavy atom. The van der Waals surface area contributed by atoms with E-state index in [1.54, 1.807) is 18.6 Å². The summed E-state index contributed by atoms with van der Waals surface area (Å²) in [5.41, 5.74) is 7.65. The standard InChI is InChI=1S/C29H25N7O/c1-2-6-19(7-3-1)37-20-14-18(16-30-17-20)23-9-10-25-27(33-23)28(36-35-25)26-15-22-21(11-13-32-29(22)34-26)24-8-4-5-12-31-24/h4-5,8-17,19H,1-3,6-7H2,(H,32,34)(H,35,36). The van der Waals surface area contributed by atoms with Crippen molar-refractivity contribution in [3.63, 3.8) is 0 Å². The lowest BCUT2D eigenvalue weighted by molar-refractivity contribution is 0.154. The summed E-state index contributed by atoms with van der Waals surface area (Å²) in [6.45, 7) is 0. The molecule has 6 aromatic rings. The van der Waals surface area contributed by atoms with Gasteiger partial charge in [0.15, 0.2) is 0 Å². The van der Waals surface area contributed by atoms with Gasteiger partial charge in [-0.2, -0.15) is 5.10 Å². The fraction of sp³-hybridized carbons (Fsp3) is 0.207. The second-order valence-corrected chi connectivity index (χ2v) is 9.47. The largest absolute Gasteiger partial charge is 0.489 e. The first-order chi connectivity index (χ1) is 18.3. The molecule has 6 aromatic heterocycles. The van der Waals surface area contributed by atoms with E-state index in [0.29, 0.717) is 0 Å². The molecule has 0 saturated heterocycles. The van der Waals surface area contributed by atoms with Crippen LogP contribution in [0.5, 0.6) is 5.75 Å². The van der Waals surface area contributed by atoms with E-state index >= 15 is 0 Å². The van der Waals surface area contributed by atoms with Crippen molar-refractivity contribution in [3.05, 3.63) is 73.3 Å². The van der Waals surface area contributed by atoms with E-state index in [2.05, 4.69) is 36.2 Å². The van der Waals surface area contributed by atoms with Gasteiger partial charge in [0.25, 0.3) is 0 Å². The van der Waals surface area contributed by atoms with Gasteiger partial charge in [-0.1, -0.05) is 12.5 Å². The van der Waals surface area contributed by atoms with Gasteiger partial charge in [-0.05, 0) is 68.1 Å². The number of hydrogen-bond donors (Lipinski definition) is 2. The Bertz CT molecular complexity index is 1700. The summed E-state index contributed by atoms with van der Waals surface area (Å²) in [5.74, 6) is 0.794. The van der Waals surface area contributed by atoms with Crippen LogP contribution in [0.25, 0.3) is 56.0 Å². The zero-order chi connectivity index (χ0) is 24.6. The van der Waals surface area contributed by atoms with E-state index in [1.165, 1.54) is 19.3 Å². The number of aromatic amines is 2. The summed E-state index contributed by atoms with van der Waals surface area (Å²) in [6.07, 6.45) is 13.4. The Kier molecular flexibility index (Phi) is 5.35. The van der Waals surface area contributed by atoms with Crippen molar-refractivity contribution in [1.82, 2.24) is 35.1 Å². The average Bonchev–Trinajstić information content (AvgIpc) is 3.58. The molecule has 0 unspecified atom stereocenters. The van der Waals surface area contributed by atoms with Crippen molar-refractivity contribution < 1.29 is 4.74 Å². The Morgan fingerprint density at radius 3 is 2.70 bits per heavy atom. The minimum Gasteiger partial charge on any atom is -0.489 e. The molecule has 0 aromatic carbocycles. The fourth-order valence-electron chi connectivity index (χ4n) is 5.15. The van der Waals surface area contributed by atoms with Gasteiger partial charge >= 0.3 is 0 Å². The van der Waals surface area contributed by atoms with Crippen LogP contribution in [0.3, 0.4) is 0 Å². The maximum atomic E-state index is 6.24. The first-order valence-electron chi connectivity index (χ1n) is 12.7. The highest BCUT2D eigenvalue weighted by atomic mass is 16.5. The van der Waals surface area contributed by atoms with Gasteiger partial charge in [0.05, 0.1) is 34.9 Å². The third-order valence-electron chi connectivity index (χ3n) is 7.00. The van der Waals surface area contributed by atoms with Gasteiger partial charge in [-0.25, -0.2) is 9.97 Å². The molecule has 37 heavy (non-hydrogen) atoms. The number of ether oxygens (including phenoxy) is 1. The number of pyridine rings is 4. The monoisotopic (exact) mass is 487 g/mol. The number of rotatable bonds is 5. The summed E-state index contributed by atoms with van der Waals surface area (Å²) in [6, 6.07) is 16.0. The van der Waals surface area contributed by atoms with E-state index in [0.717, 1.165) is 74.6 Å². The van der Waals surface area contributed by atoms with Gasteiger partial charge in [0, 0.05) is 35.1 Å². The van der Waals surface area contributed by atoms with Crippen LogP contribution in [0.4, 0.5) is 0 Å². The van der Waals surface area contributed by atoms with Crippen molar-refractivity contribution in [3.8, 4) is 39.7 Å². The number of nitrogens with one attached hydrogen (secondary N) is 2. The predicted octanol–water partition coefficient (Wildman–Crippen LogP) is 6.34. The van der Waals surface area contributed by atoms with Crippen molar-refractivity contribution in [1.29, 1.82) is 0 Å². The number of hydrogen-bond acceptors (Lipinski definition) is 6. The molecule has 1 aliphatic rings. The van der Waals surface area contributed by atoms with Gasteiger partial charge in [0.1, 0.15) is 22.6 Å². The second-order valence-electron chi connectivity index (χ2n) is 9.47. The lowest BCUT2D eigenvalue weighted by Crippen LogP contribution is -2.19. The van der Waals surface area contributed by atoms with Gasteiger partial charge in [-0.3, -0.25) is 15.1 Å². The fourth-order valence-corrected chi connectivity index (χ4v) is 5.15. The Hall–Kier alpha value is -4.59. The van der Waals surface area contributed by atoms with E-state index in [-0.39, 0.29) is 6.10 Å². The van der Waals surface area contributed by atoms with Crippen LogP contribution in [0, 0.1) is 0 Å². The van der Waals surface area contributed by atoms with Gasteiger partial charge in [0.2, 0.25) is 0 Å². The molecule has 8 nitrogen and oxygen atoms in total. The molecule has 8 heteroatoms. The molecule has 2 N–H and O–H groups in total. The average molecular weight is 488 g/mol. The van der Waals surface area contributed by atoms with E-state index in [1.807, 2.05) is 48.7 Å². The van der Waals surface area contributed by atoms with Crippen LogP contribution < -0.4 is 4.74 Å². The van der Waals surface area contributed by atoms with Crippen LogP contribution in [0.1, 0.15) is 32.1 Å². The first-order valence-corrected chi connectivity index (χ1v) is 12.7. The summed E-state index contributed by atoms with van der Waals surface area (Å²) < 4.78 is 6.24. The zero-order valence-electron chi connectivity index (χ0n) is 20.2. The molecule has 1 saturated carbocycles. The minimum absolute atomic E-state index is 0.272. The van der Waals surface area contributed by atoms with Gasteiger partial charge < -0.3 is 9.72 Å². The second kappa shape index (κ2) is 9.13. The SMILES string of the molecule is c1ccc(-c2ccnc3[nH]c(-c4n[nH]c5ccc(-c6cncc(OC7CCCCC7)c6)nc45)cc23)nc1. The smallest absolute Gasteiger partial charge is 0.138 e. The van der Waals surface area contributed by atoms with E-state index < -0.39 is 0 Å². The Morgan fingerprint density at radius 2 is 1.81 bits per heavy atom. The van der Waals surface area contributed by atoms with Crippen LogP contribution in [-0.2, 0) is 0 Å². The molecular weight excluding hydrogens is 462 g/mol. The lowest BCUT2D eigenvalue weighted by Gasteiger charge is -2.22. The molecule has 0 spiro atoms. The molecule has 1 aliphatic carbocycles. The Labute approximate surface area is 213 Å². The number of fused-ring (bicyclic) bond motifs is 2. The molecule has 0 atom stereocenters. The third kappa shape index (κ3) is 4.10. The van der Waals surface area contributed by atoms with Crippen LogP contribution in [0.15, 0.2) is 73.3 Å². The molecule has 6 heterocycles. The van der Waals surface area contributed by atoms with Crippen LogP contribution >= 0.6 is 0 Å². The highest BCUT2D eigenvalue weighted by Gasteiger charge is 2.18. The molecule has 0 aliphatic heterocycles. The zero-order valence-corrected chi connectivity index (χ0v) is 20.2. The van der Waals surface area contributed by atoms with E-state index in [4.69, 9.17) is 9.72 Å². The third-order valence-corrected chi connectivity index (χ3v) is 7.00. The molecule has 0 radical (unpaired) electrons. The van der Waals surface area contributed by atoms with Gasteiger partial charge in [-0.15, -0.1) is 0 Å². The molecule has 7 rings (SSSR count). The summed E-state index contributed by atoms with van der Waals surface area (Å²) in [7, 11) is 0. The summed E-state index contributed by atoms with van der Waals surface area (Å²) in [5, 5.41) is 8.69. The maximum absolute atomic E-state index is 6.24. The quantitative estimate of drug-likeness (QED) is 0.294. The maximum Gasteiger partial charge on any atom is 0.138 e. The lowest BCUT2D eigenvalue weighted by atomic mass is 9.98. The molecule has 1 fully saturated rings. The predicted molar refractivity (Wildman–Crippen MR) is 143 cm³/mol. The van der Waals surface area contributed by atoms with Crippen molar-refractivity contribution in [2.75, 3.05) is 0 Å². The minimum atomic E-state index is 0.272.